The number of nitrogens with zero attached hydrogens (tertiary/aromatic N) is 1. The van der Waals surface area contributed by atoms with Crippen molar-refractivity contribution < 1.29 is 33.3 Å². The molecule has 3 atom stereocenters. The number of carbonyl (C=O) groups is 2. The molecule has 11 heteroatoms. The van der Waals surface area contributed by atoms with Crippen molar-refractivity contribution in [1.29, 1.82) is 0 Å². The van der Waals surface area contributed by atoms with E-state index in [1.807, 2.05) is 133 Å². The standard InChI is InChI=1S/C45H43N3O7S/c1-2-52-40(50)27-47-44(51)46-26-31-10-9-15-37(24-31)32-20-22-36(23-21-32)43-53-38(25-39(54-43)33-18-16-30(28-49)17-19-33)29-56-45-48-41(34-11-5-3-6-12-34)42(55-45)35-13-7-4-8-14-35/h3-24,38-39,43,49H,2,25-29H2,1H3,(H2,46,47,51)/t38-,39+,43+/m0/s1. The van der Waals surface area contributed by atoms with Gasteiger partial charge in [-0.1, -0.05) is 139 Å². The van der Waals surface area contributed by atoms with Gasteiger partial charge in [0.2, 0.25) is 0 Å². The SMILES string of the molecule is CCOC(=O)CNC(=O)NCc1cccc(-c2ccc([C@@H]3O[C@H](CSc4nc(-c5ccccc5)c(-c5ccccc5)o4)C[C@H](c4ccc(CO)cc4)O3)cc2)c1. The summed E-state index contributed by atoms with van der Waals surface area (Å²) in [5.41, 5.74) is 8.36. The minimum atomic E-state index is -0.626. The Morgan fingerprint density at radius 1 is 0.768 bits per heavy atom. The van der Waals surface area contributed by atoms with E-state index in [0.29, 0.717) is 23.9 Å². The number of esters is 1. The molecule has 1 aliphatic heterocycles. The zero-order valence-corrected chi connectivity index (χ0v) is 31.7. The van der Waals surface area contributed by atoms with Crippen molar-refractivity contribution in [1.82, 2.24) is 15.6 Å². The molecule has 1 aliphatic rings. The van der Waals surface area contributed by atoms with Crippen LogP contribution in [0.15, 0.2) is 143 Å². The van der Waals surface area contributed by atoms with E-state index in [1.54, 1.807) is 6.92 Å². The number of urea groups is 1. The number of oxazole rings is 1. The number of ether oxygens (including phenoxy) is 3. The summed E-state index contributed by atoms with van der Waals surface area (Å²) in [6.07, 6.45) is -0.431. The number of benzene rings is 5. The maximum absolute atomic E-state index is 12.2. The van der Waals surface area contributed by atoms with Crippen LogP contribution in [0.1, 0.15) is 48.0 Å². The first-order valence-corrected chi connectivity index (χ1v) is 19.6. The quantitative estimate of drug-likeness (QED) is 0.0734. The second-order valence-corrected chi connectivity index (χ2v) is 14.2. The Labute approximate surface area is 330 Å². The van der Waals surface area contributed by atoms with Crippen molar-refractivity contribution in [2.45, 2.75) is 50.2 Å². The fourth-order valence-corrected chi connectivity index (χ4v) is 7.27. The first-order valence-electron chi connectivity index (χ1n) is 18.6. The lowest BCUT2D eigenvalue weighted by Crippen LogP contribution is -2.38. The maximum atomic E-state index is 12.2. The predicted molar refractivity (Wildman–Crippen MR) is 215 cm³/mol. The zero-order valence-electron chi connectivity index (χ0n) is 30.9. The molecule has 10 nitrogen and oxygen atoms in total. The summed E-state index contributed by atoms with van der Waals surface area (Å²) in [5, 5.41) is 15.5. The average Bonchev–Trinajstić information content (AvgIpc) is 3.69. The highest BCUT2D eigenvalue weighted by molar-refractivity contribution is 7.99. The predicted octanol–water partition coefficient (Wildman–Crippen LogP) is 8.87. The van der Waals surface area contributed by atoms with E-state index >= 15 is 0 Å². The third-order valence-corrected chi connectivity index (χ3v) is 10.3. The molecule has 2 amide bonds. The van der Waals surface area contributed by atoms with Crippen molar-refractivity contribution >= 4 is 23.8 Å². The molecular weight excluding hydrogens is 727 g/mol. The molecule has 5 aromatic carbocycles. The normalized spacial score (nSPS) is 16.6. The lowest BCUT2D eigenvalue weighted by Gasteiger charge is -2.36. The fourth-order valence-electron chi connectivity index (χ4n) is 6.43. The summed E-state index contributed by atoms with van der Waals surface area (Å²) in [4.78, 5) is 28.7. The first-order chi connectivity index (χ1) is 27.4. The van der Waals surface area contributed by atoms with E-state index in [-0.39, 0.29) is 32.0 Å². The summed E-state index contributed by atoms with van der Waals surface area (Å²) in [5.74, 6) is 0.832. The Kier molecular flexibility index (Phi) is 12.9. The molecule has 7 rings (SSSR count). The summed E-state index contributed by atoms with van der Waals surface area (Å²) in [7, 11) is 0. The number of aliphatic hydroxyl groups is 1. The van der Waals surface area contributed by atoms with Gasteiger partial charge in [-0.25, -0.2) is 9.78 Å². The number of hydrogen-bond donors (Lipinski definition) is 3. The molecule has 0 spiro atoms. The molecule has 0 radical (unpaired) electrons. The fraction of sp³-hybridized carbons (Fsp3) is 0.222. The van der Waals surface area contributed by atoms with Crippen LogP contribution in [0.5, 0.6) is 0 Å². The molecule has 6 aromatic rings. The minimum Gasteiger partial charge on any atom is -0.465 e. The van der Waals surface area contributed by atoms with Crippen LogP contribution in [-0.2, 0) is 32.2 Å². The van der Waals surface area contributed by atoms with Gasteiger partial charge in [-0.3, -0.25) is 4.79 Å². The molecule has 0 aliphatic carbocycles. The number of rotatable bonds is 14. The highest BCUT2D eigenvalue weighted by Gasteiger charge is 2.33. The monoisotopic (exact) mass is 769 g/mol. The maximum Gasteiger partial charge on any atom is 0.325 e. The van der Waals surface area contributed by atoms with Gasteiger partial charge in [-0.15, -0.1) is 0 Å². The van der Waals surface area contributed by atoms with Gasteiger partial charge in [0.1, 0.15) is 12.2 Å². The van der Waals surface area contributed by atoms with Crippen LogP contribution in [-0.4, -0.2) is 47.1 Å². The second-order valence-electron chi connectivity index (χ2n) is 13.2. The third kappa shape index (κ3) is 9.92. The summed E-state index contributed by atoms with van der Waals surface area (Å²) in [6, 6.07) is 43.5. The summed E-state index contributed by atoms with van der Waals surface area (Å²) in [6.45, 7) is 2.05. The van der Waals surface area contributed by atoms with E-state index < -0.39 is 18.3 Å². The smallest absolute Gasteiger partial charge is 0.325 e. The molecule has 0 unspecified atom stereocenters. The van der Waals surface area contributed by atoms with Gasteiger partial charge < -0.3 is 34.4 Å². The van der Waals surface area contributed by atoms with Crippen LogP contribution >= 0.6 is 11.8 Å². The van der Waals surface area contributed by atoms with Crippen LogP contribution in [0, 0.1) is 0 Å². The van der Waals surface area contributed by atoms with Crippen molar-refractivity contribution in [2.24, 2.45) is 0 Å². The lowest BCUT2D eigenvalue weighted by atomic mass is 9.99. The van der Waals surface area contributed by atoms with E-state index in [1.165, 1.54) is 11.8 Å². The van der Waals surface area contributed by atoms with Gasteiger partial charge in [0.25, 0.3) is 5.22 Å². The number of hydrogen-bond acceptors (Lipinski definition) is 9. The van der Waals surface area contributed by atoms with Gasteiger partial charge in [0.05, 0.1) is 25.4 Å². The molecular formula is C45H43N3O7S. The third-order valence-electron chi connectivity index (χ3n) is 9.29. The Morgan fingerprint density at radius 3 is 2.18 bits per heavy atom. The molecule has 286 valence electrons. The zero-order chi connectivity index (χ0) is 38.7. The van der Waals surface area contributed by atoms with Gasteiger partial charge in [0.15, 0.2) is 12.1 Å². The largest absolute Gasteiger partial charge is 0.465 e. The van der Waals surface area contributed by atoms with E-state index in [2.05, 4.69) is 10.6 Å². The molecule has 3 N–H and O–H groups in total. The summed E-state index contributed by atoms with van der Waals surface area (Å²) >= 11 is 1.52. The molecule has 1 aromatic heterocycles. The van der Waals surface area contributed by atoms with Gasteiger partial charge in [-0.05, 0) is 40.8 Å². The molecule has 1 fully saturated rings. The first kappa shape index (κ1) is 38.6. The van der Waals surface area contributed by atoms with Crippen molar-refractivity contribution in [3.8, 4) is 33.7 Å². The lowest BCUT2D eigenvalue weighted by molar-refractivity contribution is -0.245. The summed E-state index contributed by atoms with van der Waals surface area (Å²) < 4.78 is 24.5. The van der Waals surface area contributed by atoms with Gasteiger partial charge >= 0.3 is 12.0 Å². The van der Waals surface area contributed by atoms with Crippen LogP contribution in [0.4, 0.5) is 4.79 Å². The Bertz CT molecular complexity index is 2140. The van der Waals surface area contributed by atoms with E-state index in [4.69, 9.17) is 23.6 Å². The molecule has 0 saturated carbocycles. The van der Waals surface area contributed by atoms with Crippen LogP contribution in [0.3, 0.4) is 0 Å². The van der Waals surface area contributed by atoms with E-state index in [0.717, 1.165) is 56.0 Å². The number of aromatic nitrogens is 1. The number of nitrogens with one attached hydrogen (secondary N) is 2. The van der Waals surface area contributed by atoms with Gasteiger partial charge in [-0.2, -0.15) is 0 Å². The average molecular weight is 770 g/mol. The second kappa shape index (κ2) is 18.7. The number of amides is 2. The number of carbonyl (C=O) groups excluding carboxylic acids is 2. The van der Waals surface area contributed by atoms with E-state index in [9.17, 15) is 14.7 Å². The topological polar surface area (TPSA) is 132 Å². The highest BCUT2D eigenvalue weighted by Crippen LogP contribution is 2.41. The van der Waals surface area contributed by atoms with Crippen molar-refractivity contribution in [3.05, 3.63) is 156 Å². The molecule has 2 heterocycles. The molecule has 56 heavy (non-hydrogen) atoms. The minimum absolute atomic E-state index is 0.0267. The van der Waals surface area contributed by atoms with Crippen molar-refractivity contribution in [2.75, 3.05) is 18.9 Å². The van der Waals surface area contributed by atoms with Crippen LogP contribution in [0.25, 0.3) is 33.7 Å². The number of aliphatic hydroxyl groups excluding tert-OH is 1. The van der Waals surface area contributed by atoms with Crippen molar-refractivity contribution in [3.63, 3.8) is 0 Å². The van der Waals surface area contributed by atoms with Gasteiger partial charge in [0, 0.05) is 35.4 Å². The van der Waals surface area contributed by atoms with Crippen LogP contribution < -0.4 is 10.6 Å². The molecule has 0 bridgehead atoms. The Morgan fingerprint density at radius 2 is 1.46 bits per heavy atom. The van der Waals surface area contributed by atoms with Crippen LogP contribution in [0.2, 0.25) is 0 Å². The number of thioether (sulfide) groups is 1. The Balaban J connectivity index is 1.06. The Hall–Kier alpha value is -5.72. The highest BCUT2D eigenvalue weighted by atomic mass is 32.2. The molecule has 1 saturated heterocycles.